The molecule has 0 aromatic heterocycles. The Hall–Kier alpha value is -2.37. The lowest BCUT2D eigenvalue weighted by molar-refractivity contribution is -0.142. The maximum absolute atomic E-state index is 12.7. The predicted octanol–water partition coefficient (Wildman–Crippen LogP) is 1.74. The fraction of sp³-hybridized carbons (Fsp3) is 0.286. The van der Waals surface area contributed by atoms with Crippen molar-refractivity contribution in [1.82, 2.24) is 5.32 Å². The first-order valence-electron chi connectivity index (χ1n) is 6.00. The Bertz CT molecular complexity index is 486. The predicted molar refractivity (Wildman–Crippen MR) is 70.9 cm³/mol. The number of carboxylic acid groups (broad SMARTS) is 1. The lowest BCUT2D eigenvalue weighted by Gasteiger charge is -2.18. The molecule has 0 radical (unpaired) electrons. The van der Waals surface area contributed by atoms with Crippen molar-refractivity contribution in [2.24, 2.45) is 0 Å². The van der Waals surface area contributed by atoms with Crippen molar-refractivity contribution in [1.29, 1.82) is 0 Å². The van der Waals surface area contributed by atoms with Crippen LogP contribution in [0.2, 0.25) is 0 Å². The van der Waals surface area contributed by atoms with Crippen LogP contribution < -0.4 is 10.1 Å². The summed E-state index contributed by atoms with van der Waals surface area (Å²) >= 11 is 0. The van der Waals surface area contributed by atoms with Crippen molar-refractivity contribution in [3.63, 3.8) is 0 Å². The van der Waals surface area contributed by atoms with Crippen LogP contribution >= 0.6 is 0 Å². The number of aliphatic carboxylic acids is 1. The van der Waals surface area contributed by atoms with Crippen LogP contribution in [0.4, 0.5) is 4.39 Å². The van der Waals surface area contributed by atoms with Gasteiger partial charge in [-0.05, 0) is 37.6 Å². The quantitative estimate of drug-likeness (QED) is 0.746. The largest absolute Gasteiger partial charge is 0.481 e. The van der Waals surface area contributed by atoms with Gasteiger partial charge in [-0.15, -0.1) is 6.58 Å². The van der Waals surface area contributed by atoms with Gasteiger partial charge in [0.05, 0.1) is 0 Å². The Labute approximate surface area is 116 Å². The van der Waals surface area contributed by atoms with Gasteiger partial charge in [-0.1, -0.05) is 6.08 Å². The van der Waals surface area contributed by atoms with Gasteiger partial charge in [0.25, 0.3) is 5.91 Å². The molecule has 0 fully saturated rings. The van der Waals surface area contributed by atoms with Gasteiger partial charge in [-0.2, -0.15) is 0 Å². The number of rotatable bonds is 7. The van der Waals surface area contributed by atoms with E-state index in [4.69, 9.17) is 9.84 Å². The van der Waals surface area contributed by atoms with Crippen molar-refractivity contribution in [2.45, 2.75) is 25.5 Å². The van der Waals surface area contributed by atoms with Crippen molar-refractivity contribution in [2.75, 3.05) is 0 Å². The monoisotopic (exact) mass is 281 g/mol. The molecule has 0 heterocycles. The average molecular weight is 281 g/mol. The minimum absolute atomic E-state index is 0.115. The van der Waals surface area contributed by atoms with E-state index in [9.17, 15) is 14.0 Å². The lowest BCUT2D eigenvalue weighted by Crippen LogP contribution is -2.46. The van der Waals surface area contributed by atoms with Gasteiger partial charge in [0, 0.05) is 0 Å². The van der Waals surface area contributed by atoms with Gasteiger partial charge >= 0.3 is 5.97 Å². The fourth-order valence-corrected chi connectivity index (χ4v) is 1.45. The van der Waals surface area contributed by atoms with Crippen molar-refractivity contribution < 1.29 is 23.8 Å². The molecule has 2 atom stereocenters. The van der Waals surface area contributed by atoms with Crippen molar-refractivity contribution in [3.8, 4) is 5.75 Å². The van der Waals surface area contributed by atoms with Gasteiger partial charge in [0.15, 0.2) is 6.10 Å². The molecule has 1 aromatic carbocycles. The number of carbonyl (C=O) groups is 2. The first-order chi connectivity index (χ1) is 9.43. The summed E-state index contributed by atoms with van der Waals surface area (Å²) in [5, 5.41) is 11.3. The maximum Gasteiger partial charge on any atom is 0.326 e. The molecule has 5 nitrogen and oxygen atoms in total. The molecule has 2 unspecified atom stereocenters. The molecule has 0 aliphatic heterocycles. The molecule has 0 saturated carbocycles. The molecule has 1 amide bonds. The highest BCUT2D eigenvalue weighted by Gasteiger charge is 2.22. The number of carboxylic acids is 1. The number of amides is 1. The molecule has 108 valence electrons. The lowest BCUT2D eigenvalue weighted by atomic mass is 10.2. The zero-order valence-electron chi connectivity index (χ0n) is 11.0. The number of halogens is 1. The molecule has 1 rings (SSSR count). The standard InChI is InChI=1S/C14H16FNO4/c1-3-4-12(14(18)19)16-13(17)9(2)20-11-7-5-10(15)6-8-11/h3,5-9,12H,1,4H2,2H3,(H,16,17)(H,18,19). The van der Waals surface area contributed by atoms with E-state index in [2.05, 4.69) is 11.9 Å². The van der Waals surface area contributed by atoms with Crippen molar-refractivity contribution in [3.05, 3.63) is 42.7 Å². The molecular weight excluding hydrogens is 265 g/mol. The Morgan fingerprint density at radius 3 is 2.55 bits per heavy atom. The number of benzene rings is 1. The number of hydrogen-bond donors (Lipinski definition) is 2. The van der Waals surface area contributed by atoms with E-state index >= 15 is 0 Å². The van der Waals surface area contributed by atoms with Crippen LogP contribution in [-0.2, 0) is 9.59 Å². The normalized spacial score (nSPS) is 13.1. The van der Waals surface area contributed by atoms with E-state index in [1.807, 2.05) is 0 Å². The zero-order valence-corrected chi connectivity index (χ0v) is 11.0. The van der Waals surface area contributed by atoms with Gasteiger partial charge in [-0.3, -0.25) is 4.79 Å². The second-order valence-electron chi connectivity index (χ2n) is 4.14. The second kappa shape index (κ2) is 7.28. The molecule has 2 N–H and O–H groups in total. The van der Waals surface area contributed by atoms with Crippen LogP contribution in [-0.4, -0.2) is 29.1 Å². The van der Waals surface area contributed by atoms with E-state index < -0.39 is 29.8 Å². The third-order valence-corrected chi connectivity index (χ3v) is 2.51. The highest BCUT2D eigenvalue weighted by molar-refractivity contribution is 5.86. The second-order valence-corrected chi connectivity index (χ2v) is 4.14. The van der Waals surface area contributed by atoms with E-state index in [0.717, 1.165) is 0 Å². The Balaban J connectivity index is 2.59. The van der Waals surface area contributed by atoms with Gasteiger partial charge in [-0.25, -0.2) is 9.18 Å². The summed E-state index contributed by atoms with van der Waals surface area (Å²) in [7, 11) is 0. The number of hydrogen-bond acceptors (Lipinski definition) is 3. The van der Waals surface area contributed by atoms with E-state index in [1.54, 1.807) is 0 Å². The third kappa shape index (κ3) is 4.72. The van der Waals surface area contributed by atoms with Crippen LogP contribution in [0.5, 0.6) is 5.75 Å². The van der Waals surface area contributed by atoms with E-state index in [1.165, 1.54) is 37.3 Å². The SMILES string of the molecule is C=CCC(NC(=O)C(C)Oc1ccc(F)cc1)C(=O)O. The minimum Gasteiger partial charge on any atom is -0.481 e. The third-order valence-electron chi connectivity index (χ3n) is 2.51. The van der Waals surface area contributed by atoms with E-state index in [-0.39, 0.29) is 6.42 Å². The zero-order chi connectivity index (χ0) is 15.1. The van der Waals surface area contributed by atoms with Crippen LogP contribution in [0.25, 0.3) is 0 Å². The smallest absolute Gasteiger partial charge is 0.326 e. The summed E-state index contributed by atoms with van der Waals surface area (Å²) in [5.41, 5.74) is 0. The van der Waals surface area contributed by atoms with Crippen LogP contribution in [0.1, 0.15) is 13.3 Å². The summed E-state index contributed by atoms with van der Waals surface area (Å²) in [5.74, 6) is -1.80. The summed E-state index contributed by atoms with van der Waals surface area (Å²) in [6, 6.07) is 4.14. The van der Waals surface area contributed by atoms with Crippen LogP contribution in [0.3, 0.4) is 0 Å². The molecule has 1 aromatic rings. The highest BCUT2D eigenvalue weighted by Crippen LogP contribution is 2.13. The topological polar surface area (TPSA) is 75.6 Å². The number of ether oxygens (including phenoxy) is 1. The van der Waals surface area contributed by atoms with Crippen LogP contribution in [0.15, 0.2) is 36.9 Å². The van der Waals surface area contributed by atoms with Crippen molar-refractivity contribution >= 4 is 11.9 Å². The van der Waals surface area contributed by atoms with Gasteiger partial charge < -0.3 is 15.2 Å². The maximum atomic E-state index is 12.7. The Kier molecular flexibility index (Phi) is 5.71. The molecule has 0 saturated heterocycles. The molecular formula is C14H16FNO4. The average Bonchev–Trinajstić information content (AvgIpc) is 2.40. The minimum atomic E-state index is -1.15. The first kappa shape index (κ1) is 15.7. The molecule has 0 spiro atoms. The summed E-state index contributed by atoms with van der Waals surface area (Å²) < 4.78 is 18.0. The fourth-order valence-electron chi connectivity index (χ4n) is 1.45. The highest BCUT2D eigenvalue weighted by atomic mass is 19.1. The molecule has 0 aliphatic rings. The Morgan fingerprint density at radius 1 is 1.45 bits per heavy atom. The number of carbonyl (C=O) groups excluding carboxylic acids is 1. The molecule has 6 heteroatoms. The molecule has 0 bridgehead atoms. The number of nitrogens with one attached hydrogen (secondary N) is 1. The van der Waals surface area contributed by atoms with Gasteiger partial charge in [0.2, 0.25) is 0 Å². The Morgan fingerprint density at radius 2 is 2.05 bits per heavy atom. The van der Waals surface area contributed by atoms with E-state index in [0.29, 0.717) is 5.75 Å². The molecule has 20 heavy (non-hydrogen) atoms. The van der Waals surface area contributed by atoms with Crippen LogP contribution in [0, 0.1) is 5.82 Å². The molecule has 0 aliphatic carbocycles. The van der Waals surface area contributed by atoms with Gasteiger partial charge in [0.1, 0.15) is 17.6 Å². The first-order valence-corrected chi connectivity index (χ1v) is 6.00. The summed E-state index contributed by atoms with van der Waals surface area (Å²) in [4.78, 5) is 22.7. The summed E-state index contributed by atoms with van der Waals surface area (Å²) in [6.45, 7) is 4.91. The summed E-state index contributed by atoms with van der Waals surface area (Å²) in [6.07, 6.45) is 0.627.